The third kappa shape index (κ3) is 6.10. The summed E-state index contributed by atoms with van der Waals surface area (Å²) in [6.07, 6.45) is 7.29. The summed E-state index contributed by atoms with van der Waals surface area (Å²) in [6, 6.07) is 11.4. The first-order chi connectivity index (χ1) is 16.3. The molecule has 0 aromatic heterocycles. The molecule has 2 aliphatic rings. The Bertz CT molecular complexity index is 1100. The fraction of sp³-hybridized carbons (Fsp3) is 0.500. The number of sulfonamides is 1. The molecule has 2 aromatic carbocycles. The van der Waals surface area contributed by atoms with Crippen LogP contribution < -0.4 is 9.62 Å². The summed E-state index contributed by atoms with van der Waals surface area (Å²) in [5.41, 5.74) is 1.86. The van der Waals surface area contributed by atoms with Gasteiger partial charge >= 0.3 is 5.97 Å². The molecule has 2 saturated heterocycles. The van der Waals surface area contributed by atoms with Crippen LogP contribution in [0.1, 0.15) is 54.4 Å². The first-order valence-corrected chi connectivity index (χ1v) is 13.7. The number of hydrogen-bond acceptors (Lipinski definition) is 5. The Balaban J connectivity index is 1.40. The number of carboxylic acids is 1. The molecule has 4 rings (SSSR count). The summed E-state index contributed by atoms with van der Waals surface area (Å²) < 4.78 is 28.1. The Morgan fingerprint density at radius 3 is 2.44 bits per heavy atom. The molecule has 0 bridgehead atoms. The Labute approximate surface area is 202 Å². The van der Waals surface area contributed by atoms with Crippen molar-refractivity contribution in [1.29, 1.82) is 0 Å². The molecule has 8 heteroatoms. The topological polar surface area (TPSA) is 90.0 Å². The third-order valence-corrected chi connectivity index (χ3v) is 8.42. The predicted molar refractivity (Wildman–Crippen MR) is 135 cm³/mol. The SMILES string of the molecule is Cc1cccc(S(=O)(=O)Nc2ccc(N3CCC(CCN4CCCCC4)CC3)c(C(=O)O)c2)c1. The lowest BCUT2D eigenvalue weighted by Crippen LogP contribution is -2.37. The Kier molecular flexibility index (Phi) is 7.78. The number of aromatic carboxylic acids is 1. The number of carboxylic acid groups (broad SMARTS) is 1. The minimum atomic E-state index is -3.80. The molecule has 0 spiro atoms. The van der Waals surface area contributed by atoms with Crippen LogP contribution in [0.3, 0.4) is 0 Å². The molecule has 7 nitrogen and oxygen atoms in total. The monoisotopic (exact) mass is 485 g/mol. The highest BCUT2D eigenvalue weighted by atomic mass is 32.2. The van der Waals surface area contributed by atoms with Crippen LogP contribution in [0.4, 0.5) is 11.4 Å². The van der Waals surface area contributed by atoms with E-state index in [4.69, 9.17) is 0 Å². The van der Waals surface area contributed by atoms with Crippen molar-refractivity contribution in [3.8, 4) is 0 Å². The van der Waals surface area contributed by atoms with Gasteiger partial charge in [-0.3, -0.25) is 4.72 Å². The van der Waals surface area contributed by atoms with Gasteiger partial charge in [0.15, 0.2) is 0 Å². The number of benzene rings is 2. The third-order valence-electron chi connectivity index (χ3n) is 7.04. The van der Waals surface area contributed by atoms with Gasteiger partial charge in [-0.1, -0.05) is 18.6 Å². The molecule has 0 amide bonds. The number of rotatable bonds is 8. The summed E-state index contributed by atoms with van der Waals surface area (Å²) >= 11 is 0. The lowest BCUT2D eigenvalue weighted by atomic mass is 9.92. The van der Waals surface area contributed by atoms with Crippen molar-refractivity contribution < 1.29 is 18.3 Å². The van der Waals surface area contributed by atoms with E-state index < -0.39 is 16.0 Å². The zero-order chi connectivity index (χ0) is 24.1. The summed E-state index contributed by atoms with van der Waals surface area (Å²) in [5.74, 6) is -0.384. The number of hydrogen-bond donors (Lipinski definition) is 2. The fourth-order valence-corrected chi connectivity index (χ4v) is 6.21. The normalized spacial score (nSPS) is 18.1. The van der Waals surface area contributed by atoms with Gasteiger partial charge in [-0.05, 0) is 100 Å². The standard InChI is InChI=1S/C26H35N3O4S/c1-20-6-5-7-23(18-20)34(32,33)27-22-8-9-25(24(19-22)26(30)31)29-16-11-21(12-17-29)10-15-28-13-3-2-4-14-28/h5-9,18-19,21,27H,2-4,10-17H2,1H3,(H,30,31). The van der Waals surface area contributed by atoms with Crippen molar-refractivity contribution in [3.63, 3.8) is 0 Å². The quantitative estimate of drug-likeness (QED) is 0.569. The molecule has 184 valence electrons. The van der Waals surface area contributed by atoms with Crippen LogP contribution in [0.25, 0.3) is 0 Å². The maximum absolute atomic E-state index is 12.8. The molecular weight excluding hydrogens is 450 g/mol. The predicted octanol–water partition coefficient (Wildman–Crippen LogP) is 4.59. The zero-order valence-corrected chi connectivity index (χ0v) is 20.7. The summed E-state index contributed by atoms with van der Waals surface area (Å²) in [4.78, 5) is 16.9. The first-order valence-electron chi connectivity index (χ1n) is 12.3. The van der Waals surface area contributed by atoms with E-state index >= 15 is 0 Å². The highest BCUT2D eigenvalue weighted by Gasteiger charge is 2.24. The van der Waals surface area contributed by atoms with Crippen LogP contribution in [-0.2, 0) is 10.0 Å². The van der Waals surface area contributed by atoms with Gasteiger partial charge in [-0.25, -0.2) is 13.2 Å². The molecule has 2 fully saturated rings. The molecule has 2 N–H and O–H groups in total. The maximum atomic E-state index is 12.8. The number of aryl methyl sites for hydroxylation is 1. The maximum Gasteiger partial charge on any atom is 0.337 e. The summed E-state index contributed by atoms with van der Waals surface area (Å²) in [7, 11) is -3.80. The molecule has 34 heavy (non-hydrogen) atoms. The Morgan fingerprint density at radius 1 is 1.03 bits per heavy atom. The van der Waals surface area contributed by atoms with Crippen LogP contribution in [0.2, 0.25) is 0 Å². The van der Waals surface area contributed by atoms with Crippen molar-refractivity contribution in [2.75, 3.05) is 42.3 Å². The van der Waals surface area contributed by atoms with Crippen LogP contribution >= 0.6 is 0 Å². The smallest absolute Gasteiger partial charge is 0.337 e. The average Bonchev–Trinajstić information content (AvgIpc) is 2.83. The van der Waals surface area contributed by atoms with Crippen molar-refractivity contribution in [2.45, 2.75) is 50.3 Å². The first kappa shape index (κ1) is 24.5. The van der Waals surface area contributed by atoms with E-state index in [0.29, 0.717) is 11.6 Å². The van der Waals surface area contributed by atoms with E-state index in [1.807, 2.05) is 13.0 Å². The zero-order valence-electron chi connectivity index (χ0n) is 19.9. The highest BCUT2D eigenvalue weighted by Crippen LogP contribution is 2.31. The van der Waals surface area contributed by atoms with Gasteiger partial charge in [0.2, 0.25) is 0 Å². The molecule has 0 unspecified atom stereocenters. The lowest BCUT2D eigenvalue weighted by molar-refractivity contribution is 0.0697. The van der Waals surface area contributed by atoms with E-state index in [-0.39, 0.29) is 16.1 Å². The molecule has 0 aliphatic carbocycles. The molecule has 0 radical (unpaired) electrons. The summed E-state index contributed by atoms with van der Waals surface area (Å²) in [6.45, 7) is 7.08. The molecule has 2 heterocycles. The van der Waals surface area contributed by atoms with E-state index in [2.05, 4.69) is 14.5 Å². The van der Waals surface area contributed by atoms with Crippen LogP contribution in [0.5, 0.6) is 0 Å². The van der Waals surface area contributed by atoms with Crippen LogP contribution in [0.15, 0.2) is 47.4 Å². The minimum Gasteiger partial charge on any atom is -0.478 e. The van der Waals surface area contributed by atoms with E-state index in [1.54, 1.807) is 24.3 Å². The molecular formula is C26H35N3O4S. The minimum absolute atomic E-state index is 0.121. The van der Waals surface area contributed by atoms with Gasteiger partial charge in [0, 0.05) is 18.8 Å². The average molecular weight is 486 g/mol. The fourth-order valence-electron chi connectivity index (χ4n) is 5.05. The number of piperidine rings is 2. The van der Waals surface area contributed by atoms with Crippen molar-refractivity contribution >= 4 is 27.4 Å². The largest absolute Gasteiger partial charge is 0.478 e. The van der Waals surface area contributed by atoms with Gasteiger partial charge in [0.05, 0.1) is 16.1 Å². The van der Waals surface area contributed by atoms with E-state index in [9.17, 15) is 18.3 Å². The Hall–Kier alpha value is -2.58. The Morgan fingerprint density at radius 2 is 1.76 bits per heavy atom. The van der Waals surface area contributed by atoms with Crippen LogP contribution in [0, 0.1) is 12.8 Å². The van der Waals surface area contributed by atoms with Crippen molar-refractivity contribution in [2.24, 2.45) is 5.92 Å². The molecule has 2 aromatic rings. The summed E-state index contributed by atoms with van der Waals surface area (Å²) in [5, 5.41) is 9.84. The van der Waals surface area contributed by atoms with E-state index in [1.165, 1.54) is 57.5 Å². The molecule has 0 saturated carbocycles. The molecule has 0 atom stereocenters. The number of carbonyl (C=O) groups is 1. The highest BCUT2D eigenvalue weighted by molar-refractivity contribution is 7.92. The van der Waals surface area contributed by atoms with Gasteiger partial charge in [-0.15, -0.1) is 0 Å². The second-order valence-corrected chi connectivity index (χ2v) is 11.3. The van der Waals surface area contributed by atoms with Crippen molar-refractivity contribution in [1.82, 2.24) is 4.90 Å². The second kappa shape index (κ2) is 10.8. The van der Waals surface area contributed by atoms with Crippen LogP contribution in [-0.4, -0.2) is 57.1 Å². The number of anilines is 2. The van der Waals surface area contributed by atoms with E-state index in [0.717, 1.165) is 31.5 Å². The van der Waals surface area contributed by atoms with Crippen molar-refractivity contribution in [3.05, 3.63) is 53.6 Å². The van der Waals surface area contributed by atoms with Gasteiger partial charge < -0.3 is 14.9 Å². The van der Waals surface area contributed by atoms with Gasteiger partial charge in [0.1, 0.15) is 0 Å². The second-order valence-electron chi connectivity index (χ2n) is 9.58. The number of nitrogens with one attached hydrogen (secondary N) is 1. The molecule has 2 aliphatic heterocycles. The van der Waals surface area contributed by atoms with Gasteiger partial charge in [-0.2, -0.15) is 0 Å². The number of likely N-dealkylation sites (tertiary alicyclic amines) is 1. The number of nitrogens with zero attached hydrogens (tertiary/aromatic N) is 2. The lowest BCUT2D eigenvalue weighted by Gasteiger charge is -2.35. The van der Waals surface area contributed by atoms with Gasteiger partial charge in [0.25, 0.3) is 10.0 Å².